The maximum absolute atomic E-state index is 14.0. The predicted molar refractivity (Wildman–Crippen MR) is 180 cm³/mol. The molecule has 3 rings (SSSR count). The van der Waals surface area contributed by atoms with Crippen LogP contribution in [0.1, 0.15) is 47.1 Å². The van der Waals surface area contributed by atoms with E-state index in [1.165, 1.54) is 33.3 Å². The highest BCUT2D eigenvalue weighted by Crippen LogP contribution is 2.23. The van der Waals surface area contributed by atoms with Crippen LogP contribution < -0.4 is 15.4 Å². The molecular weight excluding hydrogens is 622 g/mol. The third-order valence-electron chi connectivity index (χ3n) is 7.89. The van der Waals surface area contributed by atoms with E-state index in [1.54, 1.807) is 12.1 Å². The van der Waals surface area contributed by atoms with Crippen molar-refractivity contribution in [2.45, 2.75) is 77.1 Å². The molecule has 1 heterocycles. The second-order valence-electron chi connectivity index (χ2n) is 13.1. The van der Waals surface area contributed by atoms with Crippen molar-refractivity contribution in [3.05, 3.63) is 60.2 Å². The van der Waals surface area contributed by atoms with Crippen LogP contribution in [-0.4, -0.2) is 110 Å². The number of rotatable bonds is 17. The average Bonchev–Trinajstić information content (AvgIpc) is 3.34. The van der Waals surface area contributed by atoms with Gasteiger partial charge in [-0.2, -0.15) is 4.31 Å². The van der Waals surface area contributed by atoms with Crippen LogP contribution in [0.4, 0.5) is 4.79 Å². The smallest absolute Gasteiger partial charge is 0.321 e. The molecule has 1 aliphatic heterocycles. The molecule has 3 atom stereocenters. The number of aliphatic hydroxyl groups is 1. The molecular formula is C34H51N5O7S. The fourth-order valence-electron chi connectivity index (χ4n) is 5.68. The Bertz CT molecular complexity index is 1430. The molecule has 0 unspecified atom stereocenters. The summed E-state index contributed by atoms with van der Waals surface area (Å²) in [6.07, 6.45) is -1.06. The Labute approximate surface area is 279 Å². The zero-order valence-electron chi connectivity index (χ0n) is 28.5. The highest BCUT2D eigenvalue weighted by Gasteiger charge is 2.41. The fraction of sp³-hybridized carbons (Fsp3) is 0.559. The number of amides is 4. The van der Waals surface area contributed by atoms with Crippen molar-refractivity contribution in [2.24, 2.45) is 11.8 Å². The van der Waals surface area contributed by atoms with E-state index in [0.717, 1.165) is 5.56 Å². The van der Waals surface area contributed by atoms with Gasteiger partial charge in [0.25, 0.3) is 0 Å². The monoisotopic (exact) mass is 673 g/mol. The van der Waals surface area contributed by atoms with E-state index in [0.29, 0.717) is 12.3 Å². The van der Waals surface area contributed by atoms with E-state index in [4.69, 9.17) is 4.74 Å². The second-order valence-corrected chi connectivity index (χ2v) is 15.0. The third kappa shape index (κ3) is 10.4. The number of benzene rings is 2. The zero-order chi connectivity index (χ0) is 34.9. The second kappa shape index (κ2) is 16.9. The number of nitrogens with zero attached hydrogens (tertiary/aromatic N) is 3. The highest BCUT2D eigenvalue weighted by molar-refractivity contribution is 7.89. The van der Waals surface area contributed by atoms with Crippen molar-refractivity contribution in [1.82, 2.24) is 24.7 Å². The molecule has 47 heavy (non-hydrogen) atoms. The van der Waals surface area contributed by atoms with Gasteiger partial charge in [0.15, 0.2) is 0 Å². The van der Waals surface area contributed by atoms with Crippen molar-refractivity contribution in [1.29, 1.82) is 0 Å². The van der Waals surface area contributed by atoms with Crippen molar-refractivity contribution in [3.63, 3.8) is 0 Å². The fourth-order valence-corrected chi connectivity index (χ4v) is 7.30. The van der Waals surface area contributed by atoms with Gasteiger partial charge >= 0.3 is 6.03 Å². The molecule has 1 aliphatic rings. The number of carbonyl (C=O) groups is 3. The lowest BCUT2D eigenvalue weighted by atomic mass is 9.97. The summed E-state index contributed by atoms with van der Waals surface area (Å²) in [5.41, 5.74) is 0.839. The minimum absolute atomic E-state index is 0.0468. The highest BCUT2D eigenvalue weighted by atomic mass is 32.2. The first-order chi connectivity index (χ1) is 22.1. The van der Waals surface area contributed by atoms with E-state index < -0.39 is 40.1 Å². The summed E-state index contributed by atoms with van der Waals surface area (Å²) in [5.74, 6) is -0.555. The van der Waals surface area contributed by atoms with Gasteiger partial charge in [-0.25, -0.2) is 13.2 Å². The number of sulfonamides is 1. The van der Waals surface area contributed by atoms with Crippen molar-refractivity contribution >= 4 is 27.9 Å². The molecule has 0 aromatic heterocycles. The standard InChI is InChI=1S/C34H51N5O7S/c1-23(2)20-38(47(44,45)28-15-13-27(46-7)14-16-28)21-30(40)29(19-26-11-9-8-10-12-26)36-33(42)32(24(3)4)39-18-17-37(34(39)43)22-31(41)35-25(5)6/h8-16,23-25,29-30,32,40H,17-22H2,1-7H3,(H,35,41)(H,36,42)/t29-,30+,32-/m0/s1. The van der Waals surface area contributed by atoms with Crippen LogP contribution in [0.2, 0.25) is 0 Å². The maximum atomic E-state index is 14.0. The molecule has 0 saturated carbocycles. The topological polar surface area (TPSA) is 149 Å². The van der Waals surface area contributed by atoms with E-state index in [9.17, 15) is 27.9 Å². The van der Waals surface area contributed by atoms with Gasteiger partial charge in [0.1, 0.15) is 18.3 Å². The largest absolute Gasteiger partial charge is 0.497 e. The van der Waals surface area contributed by atoms with Crippen LogP contribution in [-0.2, 0) is 26.0 Å². The number of urea groups is 1. The molecule has 12 nitrogen and oxygen atoms in total. The summed E-state index contributed by atoms with van der Waals surface area (Å²) in [4.78, 5) is 42.7. The number of hydrogen-bond acceptors (Lipinski definition) is 7. The van der Waals surface area contributed by atoms with Crippen LogP contribution in [0, 0.1) is 11.8 Å². The van der Waals surface area contributed by atoms with E-state index in [-0.39, 0.29) is 61.3 Å². The number of aliphatic hydroxyl groups excluding tert-OH is 1. The minimum Gasteiger partial charge on any atom is -0.497 e. The van der Waals surface area contributed by atoms with Crippen LogP contribution in [0.25, 0.3) is 0 Å². The summed E-state index contributed by atoms with van der Waals surface area (Å²) in [7, 11) is -2.51. The molecule has 4 amide bonds. The van der Waals surface area contributed by atoms with Crippen LogP contribution in [0.15, 0.2) is 59.5 Å². The Kier molecular flexibility index (Phi) is 13.6. The summed E-state index contributed by atoms with van der Waals surface area (Å²) in [6.45, 7) is 11.5. The maximum Gasteiger partial charge on any atom is 0.321 e. The molecule has 2 aromatic rings. The number of ether oxygens (including phenoxy) is 1. The van der Waals surface area contributed by atoms with Gasteiger partial charge in [0.05, 0.1) is 24.2 Å². The van der Waals surface area contributed by atoms with Crippen molar-refractivity contribution < 1.29 is 32.6 Å². The lowest BCUT2D eigenvalue weighted by molar-refractivity contribution is -0.128. The molecule has 0 aliphatic carbocycles. The van der Waals surface area contributed by atoms with Gasteiger partial charge in [0.2, 0.25) is 21.8 Å². The number of hydrogen-bond donors (Lipinski definition) is 3. The van der Waals surface area contributed by atoms with Crippen LogP contribution >= 0.6 is 0 Å². The molecule has 0 spiro atoms. The van der Waals surface area contributed by atoms with Gasteiger partial charge in [-0.15, -0.1) is 0 Å². The van der Waals surface area contributed by atoms with E-state index in [1.807, 2.05) is 71.9 Å². The molecule has 13 heteroatoms. The van der Waals surface area contributed by atoms with Crippen molar-refractivity contribution in [2.75, 3.05) is 39.8 Å². The first-order valence-corrected chi connectivity index (χ1v) is 17.6. The molecule has 0 radical (unpaired) electrons. The van der Waals surface area contributed by atoms with Crippen LogP contribution in [0.3, 0.4) is 0 Å². The first kappa shape index (κ1) is 37.8. The van der Waals surface area contributed by atoms with Crippen molar-refractivity contribution in [3.8, 4) is 5.75 Å². The lowest BCUT2D eigenvalue weighted by Crippen LogP contribution is -2.57. The normalized spacial score (nSPS) is 15.8. The van der Waals surface area contributed by atoms with Gasteiger partial charge in [-0.3, -0.25) is 9.59 Å². The van der Waals surface area contributed by atoms with Gasteiger partial charge < -0.3 is 30.3 Å². The first-order valence-electron chi connectivity index (χ1n) is 16.2. The quantitative estimate of drug-likeness (QED) is 0.234. The third-order valence-corrected chi connectivity index (χ3v) is 9.74. The molecule has 2 aromatic carbocycles. The number of carbonyl (C=O) groups excluding carboxylic acids is 3. The Morgan fingerprint density at radius 2 is 1.57 bits per heavy atom. The molecule has 260 valence electrons. The number of methoxy groups -OCH3 is 1. The average molecular weight is 674 g/mol. The predicted octanol–water partition coefficient (Wildman–Crippen LogP) is 2.72. The van der Waals surface area contributed by atoms with Gasteiger partial charge in [-0.1, -0.05) is 58.0 Å². The minimum atomic E-state index is -4.01. The van der Waals surface area contributed by atoms with E-state index in [2.05, 4.69) is 10.6 Å². The Hall–Kier alpha value is -3.68. The SMILES string of the molecule is COc1ccc(S(=O)(=O)N(CC(C)C)C[C@@H](O)[C@H](Cc2ccccc2)NC(=O)[C@H](C(C)C)N2CCN(CC(=O)NC(C)C)C2=O)cc1. The Morgan fingerprint density at radius 1 is 0.936 bits per heavy atom. The summed E-state index contributed by atoms with van der Waals surface area (Å²) in [5, 5.41) is 17.4. The summed E-state index contributed by atoms with van der Waals surface area (Å²) >= 11 is 0. The summed E-state index contributed by atoms with van der Waals surface area (Å²) < 4.78 is 34.0. The summed E-state index contributed by atoms with van der Waals surface area (Å²) in [6, 6.07) is 13.1. The molecule has 1 fully saturated rings. The molecule has 3 N–H and O–H groups in total. The number of nitrogens with one attached hydrogen (secondary N) is 2. The molecule has 0 bridgehead atoms. The lowest BCUT2D eigenvalue weighted by Gasteiger charge is -2.34. The molecule has 1 saturated heterocycles. The van der Waals surface area contributed by atoms with Crippen LogP contribution in [0.5, 0.6) is 5.75 Å². The zero-order valence-corrected chi connectivity index (χ0v) is 29.4. The van der Waals surface area contributed by atoms with Gasteiger partial charge in [0, 0.05) is 32.2 Å². The Balaban J connectivity index is 1.86. The Morgan fingerprint density at radius 3 is 2.13 bits per heavy atom. The van der Waals surface area contributed by atoms with Gasteiger partial charge in [-0.05, 0) is 61.9 Å². The van der Waals surface area contributed by atoms with E-state index >= 15 is 0 Å².